The zero-order valence-electron chi connectivity index (χ0n) is 19.4. The normalized spacial score (nSPS) is 10.8. The number of carbonyl (C=O) groups excluding carboxylic acids is 3. The third kappa shape index (κ3) is 4.98. The van der Waals surface area contributed by atoms with Crippen molar-refractivity contribution in [2.24, 2.45) is 0 Å². The number of hydrogen-bond acceptors (Lipinski definition) is 7. The summed E-state index contributed by atoms with van der Waals surface area (Å²) in [7, 11) is 1.51. The molecule has 3 aromatic carbocycles. The van der Waals surface area contributed by atoms with Gasteiger partial charge in [-0.25, -0.2) is 9.78 Å². The van der Waals surface area contributed by atoms with Crippen LogP contribution in [0, 0.1) is 0 Å². The molecule has 2 N–H and O–H groups in total. The quantitative estimate of drug-likeness (QED) is 0.373. The zero-order valence-corrected chi connectivity index (χ0v) is 20.2. The molecule has 0 unspecified atom stereocenters. The van der Waals surface area contributed by atoms with Crippen molar-refractivity contribution in [1.82, 2.24) is 14.8 Å². The molecule has 1 heterocycles. The molecule has 0 aliphatic carbocycles. The number of benzene rings is 3. The van der Waals surface area contributed by atoms with E-state index in [9.17, 15) is 19.5 Å². The topological polar surface area (TPSA) is 127 Å². The summed E-state index contributed by atoms with van der Waals surface area (Å²) >= 11 is 6.56. The summed E-state index contributed by atoms with van der Waals surface area (Å²) in [6.45, 7) is 1.92. The van der Waals surface area contributed by atoms with Crippen molar-refractivity contribution < 1.29 is 24.2 Å². The number of amides is 2. The van der Waals surface area contributed by atoms with Crippen LogP contribution in [0.1, 0.15) is 23.1 Å². The highest BCUT2D eigenvalue weighted by Gasteiger charge is 2.23. The smallest absolute Gasteiger partial charge is 0.350 e. The molecule has 0 saturated heterocycles. The first-order valence-electron chi connectivity index (χ1n) is 10.9. The number of para-hydroxylation sites is 1. The summed E-state index contributed by atoms with van der Waals surface area (Å²) in [5, 5.41) is 18.5. The van der Waals surface area contributed by atoms with Gasteiger partial charge in [0.2, 0.25) is 0 Å². The van der Waals surface area contributed by atoms with E-state index in [0.717, 1.165) is 4.68 Å². The minimum atomic E-state index is -0.577. The Balaban J connectivity index is 1.64. The van der Waals surface area contributed by atoms with E-state index in [-0.39, 0.29) is 35.2 Å². The lowest BCUT2D eigenvalue weighted by Crippen LogP contribution is -2.31. The number of nitrogens with zero attached hydrogens (tertiary/aromatic N) is 4. The van der Waals surface area contributed by atoms with Crippen molar-refractivity contribution in [3.63, 3.8) is 0 Å². The number of hydrogen-bond donors (Lipinski definition) is 2. The van der Waals surface area contributed by atoms with Crippen LogP contribution >= 0.6 is 11.6 Å². The molecule has 0 atom stereocenters. The molecular weight excluding hydrogens is 486 g/mol. The van der Waals surface area contributed by atoms with Gasteiger partial charge in [-0.05, 0) is 31.2 Å². The molecule has 1 aromatic heterocycles. The van der Waals surface area contributed by atoms with Gasteiger partial charge in [-0.15, -0.1) is 5.10 Å². The third-order valence-electron chi connectivity index (χ3n) is 5.33. The van der Waals surface area contributed by atoms with Crippen LogP contribution in [0.25, 0.3) is 10.8 Å². The number of carbonyl (C=O) groups is 3. The Bertz CT molecular complexity index is 1450. The average molecular weight is 508 g/mol. The van der Waals surface area contributed by atoms with E-state index in [1.807, 2.05) is 6.07 Å². The number of aromatic nitrogens is 3. The molecule has 0 aliphatic heterocycles. The van der Waals surface area contributed by atoms with E-state index >= 15 is 0 Å². The van der Waals surface area contributed by atoms with Crippen molar-refractivity contribution in [1.29, 1.82) is 0 Å². The first-order valence-corrected chi connectivity index (χ1v) is 11.3. The van der Waals surface area contributed by atoms with Crippen LogP contribution in [0.2, 0.25) is 5.02 Å². The van der Waals surface area contributed by atoms with E-state index in [1.165, 1.54) is 24.3 Å². The number of fused-ring (bicyclic) bond motifs is 1. The van der Waals surface area contributed by atoms with E-state index in [1.54, 1.807) is 49.4 Å². The molecule has 0 fully saturated rings. The second-order valence-electron chi connectivity index (χ2n) is 7.70. The van der Waals surface area contributed by atoms with Crippen molar-refractivity contribution in [3.8, 4) is 5.75 Å². The van der Waals surface area contributed by atoms with Gasteiger partial charge in [0, 0.05) is 23.5 Å². The van der Waals surface area contributed by atoms with Crippen LogP contribution in [0.3, 0.4) is 0 Å². The summed E-state index contributed by atoms with van der Waals surface area (Å²) in [6, 6.07) is 14.5. The van der Waals surface area contributed by atoms with Crippen molar-refractivity contribution in [2.75, 3.05) is 23.9 Å². The van der Waals surface area contributed by atoms with Gasteiger partial charge in [-0.1, -0.05) is 41.9 Å². The van der Waals surface area contributed by atoms with Gasteiger partial charge in [0.15, 0.2) is 5.82 Å². The molecule has 0 spiro atoms. The SMILES string of the molecule is CCOC(=O)Cc1ncn(C(=O)N(C)c2cccc3c(O)c(C(=O)Nc4ccccc4)cc(Cl)c23)n1. The van der Waals surface area contributed by atoms with E-state index in [0.29, 0.717) is 22.1 Å². The summed E-state index contributed by atoms with van der Waals surface area (Å²) in [5.74, 6) is -1.17. The maximum Gasteiger partial charge on any atom is 0.350 e. The summed E-state index contributed by atoms with van der Waals surface area (Å²) < 4.78 is 5.86. The number of anilines is 2. The standard InChI is InChI=1S/C25H22ClN5O5/c1-3-36-21(32)13-20-27-14-31(29-20)25(35)30(2)19-11-7-10-16-22(19)18(26)12-17(23(16)33)24(34)28-15-8-5-4-6-9-15/h4-12,14,33H,3,13H2,1-2H3,(H,28,34). The van der Waals surface area contributed by atoms with Crippen molar-refractivity contribution in [3.05, 3.63) is 77.3 Å². The predicted octanol–water partition coefficient (Wildman–Crippen LogP) is 4.25. The van der Waals surface area contributed by atoms with Crippen molar-refractivity contribution in [2.45, 2.75) is 13.3 Å². The summed E-state index contributed by atoms with van der Waals surface area (Å²) in [5.41, 5.74) is 0.921. The molecule has 11 heteroatoms. The maximum atomic E-state index is 13.1. The third-order valence-corrected chi connectivity index (χ3v) is 5.63. The molecule has 0 saturated carbocycles. The van der Waals surface area contributed by atoms with Gasteiger partial charge >= 0.3 is 12.0 Å². The molecule has 0 aliphatic rings. The number of nitrogens with one attached hydrogen (secondary N) is 1. The highest BCUT2D eigenvalue weighted by atomic mass is 35.5. The van der Waals surface area contributed by atoms with Crippen LogP contribution in [0.4, 0.5) is 16.2 Å². The van der Waals surface area contributed by atoms with Crippen LogP contribution in [-0.4, -0.2) is 51.4 Å². The molecule has 0 radical (unpaired) electrons. The van der Waals surface area contributed by atoms with Crippen LogP contribution in [0.5, 0.6) is 5.75 Å². The monoisotopic (exact) mass is 507 g/mol. The molecule has 4 aromatic rings. The molecule has 36 heavy (non-hydrogen) atoms. The van der Waals surface area contributed by atoms with Gasteiger partial charge in [-0.3, -0.25) is 14.5 Å². The second-order valence-corrected chi connectivity index (χ2v) is 8.11. The lowest BCUT2D eigenvalue weighted by Gasteiger charge is -2.20. The Kier molecular flexibility index (Phi) is 7.16. The Morgan fingerprint density at radius 1 is 1.14 bits per heavy atom. The molecular formula is C25H22ClN5O5. The van der Waals surface area contributed by atoms with Crippen molar-refractivity contribution >= 4 is 51.7 Å². The minimum Gasteiger partial charge on any atom is -0.506 e. The lowest BCUT2D eigenvalue weighted by atomic mass is 10.0. The van der Waals surface area contributed by atoms with E-state index < -0.39 is 17.9 Å². The number of esters is 1. The molecule has 10 nitrogen and oxygen atoms in total. The number of phenolic OH excluding ortho intramolecular Hbond substituents is 1. The number of aromatic hydroxyl groups is 1. The fraction of sp³-hybridized carbons (Fsp3) is 0.160. The highest BCUT2D eigenvalue weighted by molar-refractivity contribution is 6.38. The first-order chi connectivity index (χ1) is 17.3. The van der Waals surface area contributed by atoms with Crippen LogP contribution in [-0.2, 0) is 16.0 Å². The fourth-order valence-electron chi connectivity index (χ4n) is 3.64. The number of ether oxygens (including phenoxy) is 1. The van der Waals surface area contributed by atoms with Crippen LogP contribution < -0.4 is 10.2 Å². The number of phenols is 1. The maximum absolute atomic E-state index is 13.1. The average Bonchev–Trinajstić information content (AvgIpc) is 3.33. The zero-order chi connectivity index (χ0) is 25.8. The Labute approximate surface area is 211 Å². The number of rotatable bonds is 6. The lowest BCUT2D eigenvalue weighted by molar-refractivity contribution is -0.142. The molecule has 2 amide bonds. The molecule has 4 rings (SSSR count). The summed E-state index contributed by atoms with van der Waals surface area (Å²) in [4.78, 5) is 42.8. The van der Waals surface area contributed by atoms with Gasteiger partial charge in [0.1, 0.15) is 18.5 Å². The van der Waals surface area contributed by atoms with Gasteiger partial charge < -0.3 is 15.2 Å². The minimum absolute atomic E-state index is 0.0117. The van der Waals surface area contributed by atoms with E-state index in [2.05, 4.69) is 15.4 Å². The Morgan fingerprint density at radius 3 is 2.61 bits per heavy atom. The second kappa shape index (κ2) is 10.4. The Hall–Kier alpha value is -4.44. The van der Waals surface area contributed by atoms with E-state index in [4.69, 9.17) is 16.3 Å². The first kappa shape index (κ1) is 24.7. The van der Waals surface area contributed by atoms with Gasteiger partial charge in [-0.2, -0.15) is 4.68 Å². The molecule has 0 bridgehead atoms. The predicted molar refractivity (Wildman–Crippen MR) is 135 cm³/mol. The molecule has 184 valence electrons. The van der Waals surface area contributed by atoms with Gasteiger partial charge in [0.25, 0.3) is 5.91 Å². The largest absolute Gasteiger partial charge is 0.506 e. The summed E-state index contributed by atoms with van der Waals surface area (Å²) in [6.07, 6.45) is 1.03. The Morgan fingerprint density at radius 2 is 1.89 bits per heavy atom. The fourth-order valence-corrected chi connectivity index (χ4v) is 3.95. The number of halogens is 1. The van der Waals surface area contributed by atoms with Gasteiger partial charge in [0.05, 0.1) is 22.9 Å². The highest BCUT2D eigenvalue weighted by Crippen LogP contribution is 2.40. The van der Waals surface area contributed by atoms with Crippen LogP contribution in [0.15, 0.2) is 60.9 Å².